The third kappa shape index (κ3) is 7.79. The van der Waals surface area contributed by atoms with Crippen LogP contribution in [0.15, 0.2) is 40.2 Å². The average molecular weight is 504 g/mol. The monoisotopic (exact) mass is 504 g/mol. The Morgan fingerprint density at radius 1 is 1.19 bits per heavy atom. The molecule has 2 aliphatic rings. The van der Waals surface area contributed by atoms with E-state index >= 15 is 0 Å². The third-order valence-electron chi connectivity index (χ3n) is 5.19. The number of hydrogen-bond acceptors (Lipinski definition) is 4. The Morgan fingerprint density at radius 3 is 2.59 bits per heavy atom. The van der Waals surface area contributed by atoms with E-state index in [4.69, 9.17) is 10.5 Å². The maximum absolute atomic E-state index is 6.12. The van der Waals surface area contributed by atoms with Gasteiger partial charge in [-0.2, -0.15) is 0 Å². The topological polar surface area (TPSA) is 62.9 Å². The first-order valence-corrected chi connectivity index (χ1v) is 10.7. The summed E-state index contributed by atoms with van der Waals surface area (Å²) >= 11 is 1.98. The van der Waals surface area contributed by atoms with E-state index in [9.17, 15) is 0 Å². The summed E-state index contributed by atoms with van der Waals surface area (Å²) in [6.45, 7) is 6.58. The van der Waals surface area contributed by atoms with Crippen molar-refractivity contribution in [1.82, 2.24) is 10.2 Å². The van der Waals surface area contributed by atoms with E-state index < -0.39 is 0 Å². The number of benzene rings is 1. The fraction of sp³-hybridized carbons (Fsp3) is 0.650. The summed E-state index contributed by atoms with van der Waals surface area (Å²) in [6, 6.07) is 10.7. The van der Waals surface area contributed by atoms with Crippen molar-refractivity contribution >= 4 is 41.7 Å². The summed E-state index contributed by atoms with van der Waals surface area (Å²) in [6.07, 6.45) is 6.12. The normalized spacial score (nSPS) is 20.2. The van der Waals surface area contributed by atoms with E-state index in [-0.39, 0.29) is 28.7 Å². The molecule has 0 aromatic heterocycles. The quantitative estimate of drug-likeness (QED) is 0.246. The van der Waals surface area contributed by atoms with Crippen LogP contribution in [0.5, 0.6) is 0 Å². The molecule has 7 heteroatoms. The number of hydrogen-bond donors (Lipinski definition) is 2. The number of aliphatic imine (C=N–C) groups is 1. The van der Waals surface area contributed by atoms with Crippen molar-refractivity contribution in [3.63, 3.8) is 0 Å². The van der Waals surface area contributed by atoms with Crippen LogP contribution in [-0.4, -0.2) is 61.5 Å². The summed E-state index contributed by atoms with van der Waals surface area (Å²) in [4.78, 5) is 8.47. The molecule has 3 N–H and O–H groups in total. The number of morpholine rings is 1. The van der Waals surface area contributed by atoms with Crippen molar-refractivity contribution in [1.29, 1.82) is 0 Å². The molecule has 1 heterocycles. The van der Waals surface area contributed by atoms with Gasteiger partial charge in [0.25, 0.3) is 0 Å². The van der Waals surface area contributed by atoms with Gasteiger partial charge < -0.3 is 15.8 Å². The van der Waals surface area contributed by atoms with E-state index in [0.29, 0.717) is 5.96 Å². The predicted molar refractivity (Wildman–Crippen MR) is 125 cm³/mol. The van der Waals surface area contributed by atoms with Gasteiger partial charge in [0.05, 0.1) is 19.8 Å². The lowest BCUT2D eigenvalue weighted by Gasteiger charge is -2.27. The van der Waals surface area contributed by atoms with E-state index in [1.807, 2.05) is 11.8 Å². The summed E-state index contributed by atoms with van der Waals surface area (Å²) in [5.74, 6) is 0.590. The van der Waals surface area contributed by atoms with Gasteiger partial charge in [-0.15, -0.1) is 35.7 Å². The first-order chi connectivity index (χ1) is 12.8. The number of guanidine groups is 1. The van der Waals surface area contributed by atoms with Crippen LogP contribution in [0.1, 0.15) is 32.1 Å². The second-order valence-electron chi connectivity index (χ2n) is 7.24. The van der Waals surface area contributed by atoms with Crippen molar-refractivity contribution in [2.45, 2.75) is 41.7 Å². The number of rotatable bonds is 8. The van der Waals surface area contributed by atoms with Gasteiger partial charge in [-0.05, 0) is 37.9 Å². The molecule has 0 amide bonds. The van der Waals surface area contributed by atoms with Crippen LogP contribution in [0.25, 0.3) is 0 Å². The Morgan fingerprint density at radius 2 is 1.89 bits per heavy atom. The van der Waals surface area contributed by atoms with Crippen molar-refractivity contribution in [2.75, 3.05) is 45.9 Å². The lowest BCUT2D eigenvalue weighted by atomic mass is 10.1. The van der Waals surface area contributed by atoms with Crippen molar-refractivity contribution in [3.05, 3.63) is 30.3 Å². The second-order valence-corrected chi connectivity index (χ2v) is 8.78. The number of nitrogens with zero attached hydrogens (tertiary/aromatic N) is 2. The smallest absolute Gasteiger partial charge is 0.188 e. The van der Waals surface area contributed by atoms with Crippen LogP contribution in [0.2, 0.25) is 0 Å². The summed E-state index contributed by atoms with van der Waals surface area (Å²) in [7, 11) is 0. The van der Waals surface area contributed by atoms with Crippen LogP contribution < -0.4 is 11.1 Å². The lowest BCUT2D eigenvalue weighted by molar-refractivity contribution is 0.0376. The number of ether oxygens (including phenoxy) is 1. The lowest BCUT2D eigenvalue weighted by Crippen LogP contribution is -2.39. The number of halogens is 1. The third-order valence-corrected chi connectivity index (χ3v) is 6.67. The van der Waals surface area contributed by atoms with Crippen molar-refractivity contribution in [3.8, 4) is 0 Å². The molecule has 0 radical (unpaired) electrons. The second kappa shape index (κ2) is 12.1. The summed E-state index contributed by atoms with van der Waals surface area (Å²) < 4.78 is 5.59. The zero-order valence-electron chi connectivity index (χ0n) is 16.1. The largest absolute Gasteiger partial charge is 0.379 e. The maximum atomic E-state index is 6.12. The van der Waals surface area contributed by atoms with Gasteiger partial charge in [0.1, 0.15) is 0 Å². The summed E-state index contributed by atoms with van der Waals surface area (Å²) in [5, 5.41) is 3.29. The van der Waals surface area contributed by atoms with Crippen LogP contribution in [-0.2, 0) is 4.74 Å². The van der Waals surface area contributed by atoms with Gasteiger partial charge >= 0.3 is 0 Å². The fourth-order valence-electron chi connectivity index (χ4n) is 3.68. The minimum atomic E-state index is 0. The molecule has 1 saturated carbocycles. The molecule has 0 unspecified atom stereocenters. The Bertz CT molecular complexity index is 560. The maximum Gasteiger partial charge on any atom is 0.188 e. The highest BCUT2D eigenvalue weighted by molar-refractivity contribution is 14.0. The molecule has 1 aromatic carbocycles. The van der Waals surface area contributed by atoms with E-state index in [2.05, 4.69) is 45.5 Å². The van der Waals surface area contributed by atoms with Crippen LogP contribution >= 0.6 is 35.7 Å². The highest BCUT2D eigenvalue weighted by atomic mass is 127. The molecular formula is C20H33IN4OS. The van der Waals surface area contributed by atoms with Gasteiger partial charge in [0.15, 0.2) is 5.96 Å². The van der Waals surface area contributed by atoms with Crippen LogP contribution in [0, 0.1) is 0 Å². The number of thioether (sulfide) groups is 1. The highest BCUT2D eigenvalue weighted by Gasteiger charge is 2.34. The van der Waals surface area contributed by atoms with Crippen molar-refractivity contribution < 1.29 is 4.74 Å². The van der Waals surface area contributed by atoms with Gasteiger partial charge in [-0.1, -0.05) is 31.0 Å². The Hall–Kier alpha value is -0.510. The SMILES string of the molecule is I.NC(=NCC1(Sc2ccccc2)CCCC1)NCCCN1CCOCC1. The van der Waals surface area contributed by atoms with Crippen LogP contribution in [0.4, 0.5) is 0 Å². The Balaban J connectivity index is 0.00000261. The predicted octanol–water partition coefficient (Wildman–Crippen LogP) is 3.34. The van der Waals surface area contributed by atoms with Crippen molar-refractivity contribution in [2.24, 2.45) is 10.7 Å². The molecule has 1 aromatic rings. The summed E-state index contributed by atoms with van der Waals surface area (Å²) in [5.41, 5.74) is 6.12. The first kappa shape index (κ1) is 22.8. The van der Waals surface area contributed by atoms with Gasteiger partial charge in [-0.3, -0.25) is 9.89 Å². The van der Waals surface area contributed by atoms with Gasteiger partial charge in [0.2, 0.25) is 0 Å². The molecule has 1 aliphatic heterocycles. The molecule has 5 nitrogen and oxygen atoms in total. The Labute approximate surface area is 184 Å². The fourth-order valence-corrected chi connectivity index (χ4v) is 5.09. The van der Waals surface area contributed by atoms with Crippen LogP contribution in [0.3, 0.4) is 0 Å². The molecule has 0 atom stereocenters. The molecule has 0 spiro atoms. The minimum absolute atomic E-state index is 0. The molecule has 0 bridgehead atoms. The highest BCUT2D eigenvalue weighted by Crippen LogP contribution is 2.45. The number of nitrogens with two attached hydrogens (primary N) is 1. The molecule has 27 heavy (non-hydrogen) atoms. The minimum Gasteiger partial charge on any atom is -0.379 e. The average Bonchev–Trinajstić information content (AvgIpc) is 3.14. The molecular weight excluding hydrogens is 471 g/mol. The molecule has 3 rings (SSSR count). The zero-order chi connectivity index (χ0) is 18.1. The molecule has 1 saturated heterocycles. The zero-order valence-corrected chi connectivity index (χ0v) is 19.2. The number of nitrogens with one attached hydrogen (secondary N) is 1. The van der Waals surface area contributed by atoms with Gasteiger partial charge in [-0.25, -0.2) is 0 Å². The first-order valence-electron chi connectivity index (χ1n) is 9.84. The standard InChI is InChI=1S/C20H32N4OS.HI/c21-19(22-11-6-12-24-13-15-25-16-14-24)23-17-20(9-4-5-10-20)26-18-7-2-1-3-8-18;/h1-3,7-8H,4-6,9-17H2,(H3,21,22,23);1H. The molecule has 152 valence electrons. The molecule has 2 fully saturated rings. The van der Waals surface area contributed by atoms with E-state index in [1.54, 1.807) is 0 Å². The van der Waals surface area contributed by atoms with E-state index in [1.165, 1.54) is 30.6 Å². The van der Waals surface area contributed by atoms with E-state index in [0.717, 1.165) is 52.4 Å². The molecule has 1 aliphatic carbocycles. The van der Waals surface area contributed by atoms with Gasteiger partial charge in [0, 0.05) is 29.3 Å². The Kier molecular flexibility index (Phi) is 10.2.